The molecule has 3 rings (SSSR count). The number of carbonyl (C=O) groups excluding carboxylic acids is 1. The number of nitrogens with zero attached hydrogens (tertiary/aromatic N) is 4. The highest BCUT2D eigenvalue weighted by atomic mass is 16.2. The van der Waals surface area contributed by atoms with Gasteiger partial charge in [0.25, 0.3) is 11.5 Å². The predicted octanol–water partition coefficient (Wildman–Crippen LogP) is -1.98. The third-order valence-electron chi connectivity index (χ3n) is 3.73. The summed E-state index contributed by atoms with van der Waals surface area (Å²) in [7, 11) is 2.86. The van der Waals surface area contributed by atoms with Crippen molar-refractivity contribution in [1.29, 1.82) is 0 Å². The van der Waals surface area contributed by atoms with E-state index in [2.05, 4.69) is 25.5 Å². The topological polar surface area (TPSA) is 148 Å². The maximum absolute atomic E-state index is 12.2. The third-order valence-corrected chi connectivity index (χ3v) is 3.73. The van der Waals surface area contributed by atoms with Crippen LogP contribution in [0.5, 0.6) is 0 Å². The van der Waals surface area contributed by atoms with Gasteiger partial charge in [-0.1, -0.05) is 0 Å². The summed E-state index contributed by atoms with van der Waals surface area (Å²) in [5.41, 5.74) is -1.20. The van der Waals surface area contributed by atoms with E-state index < -0.39 is 22.8 Å². The first-order valence-electron chi connectivity index (χ1n) is 7.37. The van der Waals surface area contributed by atoms with Gasteiger partial charge in [-0.05, 0) is 12.1 Å². The molecule has 0 unspecified atom stereocenters. The van der Waals surface area contributed by atoms with E-state index >= 15 is 0 Å². The fraction of sp³-hybridized carbons (Fsp3) is 0.286. The molecule has 3 N–H and O–H groups in total. The van der Waals surface area contributed by atoms with Crippen LogP contribution in [-0.4, -0.2) is 41.8 Å². The summed E-state index contributed by atoms with van der Waals surface area (Å²) in [5.74, 6) is -0.0458. The number of hydrogen-bond donors (Lipinski definition) is 3. The molecule has 1 amide bonds. The van der Waals surface area contributed by atoms with Gasteiger partial charge in [-0.15, -0.1) is 0 Å². The van der Waals surface area contributed by atoms with Crippen molar-refractivity contribution in [3.63, 3.8) is 0 Å². The van der Waals surface area contributed by atoms with Crippen LogP contribution in [0.2, 0.25) is 0 Å². The quantitative estimate of drug-likeness (QED) is 0.499. The summed E-state index contributed by atoms with van der Waals surface area (Å²) in [5, 5.41) is 8.84. The summed E-state index contributed by atoms with van der Waals surface area (Å²) in [6, 6.07) is 2.88. The van der Waals surface area contributed by atoms with Crippen molar-refractivity contribution in [3.05, 3.63) is 55.0 Å². The predicted molar refractivity (Wildman–Crippen MR) is 87.5 cm³/mol. The van der Waals surface area contributed by atoms with Gasteiger partial charge in [-0.2, -0.15) is 5.10 Å². The Balaban J connectivity index is 1.83. The fourth-order valence-corrected chi connectivity index (χ4v) is 2.39. The number of carbonyl (C=O) groups is 1. The van der Waals surface area contributed by atoms with Crippen LogP contribution in [0.15, 0.2) is 26.5 Å². The number of hydrogen-bond acceptors (Lipinski definition) is 6. The first-order valence-corrected chi connectivity index (χ1v) is 7.37. The number of aromatic nitrogens is 6. The Bertz CT molecular complexity index is 1130. The van der Waals surface area contributed by atoms with Crippen LogP contribution in [0.1, 0.15) is 16.3 Å². The van der Waals surface area contributed by atoms with Crippen molar-refractivity contribution < 1.29 is 4.79 Å². The Kier molecular flexibility index (Phi) is 4.05. The maximum Gasteiger partial charge on any atom is 0.340 e. The lowest BCUT2D eigenvalue weighted by atomic mass is 10.2. The Morgan fingerprint density at radius 3 is 2.64 bits per heavy atom. The molecule has 0 saturated carbocycles. The molecule has 130 valence electrons. The summed E-state index contributed by atoms with van der Waals surface area (Å²) in [6.45, 7) is 0.231. The standard InChI is InChI=1S/C14H15N7O4/c1-20-10-7(12(23)21(2)14(20)25)3-4-8(16-10)11(22)15-6-5-9-17-13(24)19-18-9/h3-4H,5-6H2,1-2H3,(H,15,22)(H2,17,18,19,24). The molecule has 0 aliphatic heterocycles. The van der Waals surface area contributed by atoms with Gasteiger partial charge in [0.2, 0.25) is 0 Å². The highest BCUT2D eigenvalue weighted by Crippen LogP contribution is 2.06. The second-order valence-corrected chi connectivity index (χ2v) is 5.40. The molecule has 0 fully saturated rings. The maximum atomic E-state index is 12.2. The van der Waals surface area contributed by atoms with Crippen LogP contribution in [-0.2, 0) is 20.5 Å². The Hall–Kier alpha value is -3.50. The van der Waals surface area contributed by atoms with E-state index in [-0.39, 0.29) is 23.3 Å². The first-order chi connectivity index (χ1) is 11.9. The SMILES string of the molecule is Cn1c(=O)c2ccc(C(=O)NCCc3n[nH]c(=O)[nH]3)nc2n(C)c1=O. The van der Waals surface area contributed by atoms with E-state index in [0.29, 0.717) is 12.2 Å². The number of H-pyrrole nitrogens is 2. The number of rotatable bonds is 4. The first kappa shape index (κ1) is 16.4. The molecule has 11 nitrogen and oxygen atoms in total. The molecular weight excluding hydrogens is 330 g/mol. The van der Waals surface area contributed by atoms with Gasteiger partial charge < -0.3 is 5.32 Å². The van der Waals surface area contributed by atoms with Crippen LogP contribution in [0.4, 0.5) is 0 Å². The summed E-state index contributed by atoms with van der Waals surface area (Å²) in [6.07, 6.45) is 0.330. The highest BCUT2D eigenvalue weighted by molar-refractivity contribution is 5.94. The third kappa shape index (κ3) is 2.98. The molecular formula is C14H15N7O4. The average Bonchev–Trinajstić information content (AvgIpc) is 3.02. The largest absolute Gasteiger partial charge is 0.350 e. The van der Waals surface area contributed by atoms with E-state index in [1.165, 1.54) is 30.8 Å². The van der Waals surface area contributed by atoms with E-state index in [1.807, 2.05) is 0 Å². The number of aryl methyl sites for hydroxylation is 1. The molecule has 0 aromatic carbocycles. The fourth-order valence-electron chi connectivity index (χ4n) is 2.39. The van der Waals surface area contributed by atoms with Crippen molar-refractivity contribution in [3.8, 4) is 0 Å². The van der Waals surface area contributed by atoms with E-state index in [1.54, 1.807) is 0 Å². The Morgan fingerprint density at radius 1 is 1.20 bits per heavy atom. The number of amides is 1. The summed E-state index contributed by atoms with van der Waals surface area (Å²) in [4.78, 5) is 53.8. The lowest BCUT2D eigenvalue weighted by molar-refractivity contribution is 0.0949. The van der Waals surface area contributed by atoms with E-state index in [0.717, 1.165) is 4.57 Å². The zero-order valence-electron chi connectivity index (χ0n) is 13.5. The Labute approximate surface area is 139 Å². The van der Waals surface area contributed by atoms with Gasteiger partial charge in [0.1, 0.15) is 17.2 Å². The molecule has 0 spiro atoms. The molecule has 25 heavy (non-hydrogen) atoms. The monoisotopic (exact) mass is 345 g/mol. The minimum Gasteiger partial charge on any atom is -0.350 e. The normalized spacial score (nSPS) is 11.0. The summed E-state index contributed by atoms with van der Waals surface area (Å²) < 4.78 is 2.19. The van der Waals surface area contributed by atoms with Crippen LogP contribution < -0.4 is 22.3 Å². The van der Waals surface area contributed by atoms with Crippen molar-refractivity contribution in [1.82, 2.24) is 34.6 Å². The smallest absolute Gasteiger partial charge is 0.340 e. The number of fused-ring (bicyclic) bond motifs is 1. The molecule has 0 saturated heterocycles. The minimum absolute atomic E-state index is 0.0753. The zero-order chi connectivity index (χ0) is 18.1. The van der Waals surface area contributed by atoms with Crippen LogP contribution in [0.25, 0.3) is 11.0 Å². The molecule has 0 radical (unpaired) electrons. The van der Waals surface area contributed by atoms with Crippen LogP contribution in [0.3, 0.4) is 0 Å². The van der Waals surface area contributed by atoms with E-state index in [4.69, 9.17) is 0 Å². The van der Waals surface area contributed by atoms with Gasteiger partial charge in [0.15, 0.2) is 0 Å². The van der Waals surface area contributed by atoms with Crippen molar-refractivity contribution in [2.45, 2.75) is 6.42 Å². The molecule has 3 aromatic heterocycles. The van der Waals surface area contributed by atoms with Gasteiger partial charge >= 0.3 is 11.4 Å². The minimum atomic E-state index is -0.523. The highest BCUT2D eigenvalue weighted by Gasteiger charge is 2.13. The molecule has 0 atom stereocenters. The Morgan fingerprint density at radius 2 is 1.96 bits per heavy atom. The van der Waals surface area contributed by atoms with E-state index in [9.17, 15) is 19.2 Å². The number of pyridine rings is 1. The lowest BCUT2D eigenvalue weighted by Crippen LogP contribution is -2.37. The molecule has 0 aliphatic carbocycles. The van der Waals surface area contributed by atoms with Crippen molar-refractivity contribution in [2.24, 2.45) is 14.1 Å². The van der Waals surface area contributed by atoms with Gasteiger partial charge in [-0.3, -0.25) is 23.7 Å². The van der Waals surface area contributed by atoms with Crippen molar-refractivity contribution in [2.75, 3.05) is 6.54 Å². The van der Waals surface area contributed by atoms with Crippen LogP contribution >= 0.6 is 0 Å². The average molecular weight is 345 g/mol. The molecule has 3 heterocycles. The van der Waals surface area contributed by atoms with Gasteiger partial charge in [0, 0.05) is 27.1 Å². The molecule has 0 aliphatic rings. The van der Waals surface area contributed by atoms with Gasteiger partial charge in [-0.25, -0.2) is 19.7 Å². The van der Waals surface area contributed by atoms with Crippen LogP contribution in [0, 0.1) is 0 Å². The second-order valence-electron chi connectivity index (χ2n) is 5.40. The summed E-state index contributed by atoms with van der Waals surface area (Å²) >= 11 is 0. The molecule has 0 bridgehead atoms. The number of nitrogens with one attached hydrogen (secondary N) is 3. The van der Waals surface area contributed by atoms with Crippen molar-refractivity contribution >= 4 is 16.9 Å². The van der Waals surface area contributed by atoms with Gasteiger partial charge in [0.05, 0.1) is 5.39 Å². The lowest BCUT2D eigenvalue weighted by Gasteiger charge is -2.08. The molecule has 3 aromatic rings. The molecule has 11 heteroatoms. The second kappa shape index (κ2) is 6.19. The zero-order valence-corrected chi connectivity index (χ0v) is 13.5. The number of aromatic amines is 2.